The van der Waals surface area contributed by atoms with Crippen molar-refractivity contribution in [2.24, 2.45) is 5.92 Å². The Balaban J connectivity index is 1.81. The van der Waals surface area contributed by atoms with Gasteiger partial charge in [-0.25, -0.2) is 0 Å². The molecule has 106 valence electrons. The van der Waals surface area contributed by atoms with Gasteiger partial charge in [0.2, 0.25) is 0 Å². The number of carboxylic acid groups (broad SMARTS) is 1. The Labute approximate surface area is 121 Å². The predicted octanol–water partition coefficient (Wildman–Crippen LogP) is 3.17. The van der Waals surface area contributed by atoms with Gasteiger partial charge in [-0.3, -0.25) is 4.79 Å². The molecule has 0 spiro atoms. The summed E-state index contributed by atoms with van der Waals surface area (Å²) < 4.78 is 5.72. The van der Waals surface area contributed by atoms with E-state index < -0.39 is 5.97 Å². The molecule has 2 heterocycles. The largest absolute Gasteiger partial charge is 0.481 e. The summed E-state index contributed by atoms with van der Waals surface area (Å²) in [6.45, 7) is 1.52. The molecule has 0 saturated carbocycles. The van der Waals surface area contributed by atoms with Crippen molar-refractivity contribution >= 4 is 34.7 Å². The molecule has 0 bridgehead atoms. The van der Waals surface area contributed by atoms with E-state index in [1.165, 1.54) is 0 Å². The van der Waals surface area contributed by atoms with E-state index in [0.717, 1.165) is 24.9 Å². The van der Waals surface area contributed by atoms with E-state index in [1.807, 2.05) is 11.0 Å². The van der Waals surface area contributed by atoms with Gasteiger partial charge in [0, 0.05) is 30.6 Å². The zero-order valence-electron chi connectivity index (χ0n) is 10.9. The average molecular weight is 295 g/mol. The molecule has 1 N–H and O–H groups in total. The average Bonchev–Trinajstić information content (AvgIpc) is 2.81. The van der Waals surface area contributed by atoms with Crippen molar-refractivity contribution in [3.05, 3.63) is 23.2 Å². The van der Waals surface area contributed by atoms with Gasteiger partial charge in [0.05, 0.1) is 0 Å². The summed E-state index contributed by atoms with van der Waals surface area (Å²) in [6.07, 6.45) is 2.09. The lowest BCUT2D eigenvalue weighted by atomic mass is 9.95. The number of rotatable bonds is 3. The van der Waals surface area contributed by atoms with Crippen LogP contribution in [-0.4, -0.2) is 29.1 Å². The van der Waals surface area contributed by atoms with E-state index in [-0.39, 0.29) is 12.3 Å². The number of nitrogens with zero attached hydrogens (tertiary/aromatic N) is 2. The van der Waals surface area contributed by atoms with E-state index >= 15 is 0 Å². The molecule has 1 aliphatic rings. The van der Waals surface area contributed by atoms with Crippen molar-refractivity contribution in [3.8, 4) is 0 Å². The van der Waals surface area contributed by atoms with Gasteiger partial charge < -0.3 is 14.4 Å². The second kappa shape index (κ2) is 5.32. The lowest BCUT2D eigenvalue weighted by molar-refractivity contribution is -0.138. The minimum Gasteiger partial charge on any atom is -0.481 e. The number of piperidine rings is 1. The van der Waals surface area contributed by atoms with Gasteiger partial charge in [-0.05, 0) is 30.9 Å². The standard InChI is InChI=1S/C14H15ClN2O3/c15-10-3-4-11-12(7-10)20-14(16-11)17-5-1-2-9(8-17)6-13(18)19/h3-4,7,9H,1-2,5-6,8H2,(H,18,19)/t9-/m1/s1. The summed E-state index contributed by atoms with van der Waals surface area (Å²) >= 11 is 5.93. The fourth-order valence-electron chi connectivity index (χ4n) is 2.67. The fraction of sp³-hybridized carbons (Fsp3) is 0.429. The van der Waals surface area contributed by atoms with Crippen LogP contribution in [-0.2, 0) is 4.79 Å². The van der Waals surface area contributed by atoms with Crippen LogP contribution in [0.15, 0.2) is 22.6 Å². The number of carbonyl (C=O) groups is 1. The highest BCUT2D eigenvalue weighted by molar-refractivity contribution is 6.31. The molecule has 2 aromatic rings. The second-order valence-corrected chi connectivity index (χ2v) is 5.60. The molecule has 1 aromatic heterocycles. The van der Waals surface area contributed by atoms with Crippen LogP contribution < -0.4 is 4.90 Å². The highest BCUT2D eigenvalue weighted by Gasteiger charge is 2.25. The molecule has 6 heteroatoms. The summed E-state index contributed by atoms with van der Waals surface area (Å²) in [7, 11) is 0. The zero-order chi connectivity index (χ0) is 14.1. The van der Waals surface area contributed by atoms with Gasteiger partial charge in [-0.2, -0.15) is 4.98 Å². The van der Waals surface area contributed by atoms with E-state index in [9.17, 15) is 4.79 Å². The number of carboxylic acids is 1. The van der Waals surface area contributed by atoms with Crippen LogP contribution in [0.25, 0.3) is 11.1 Å². The molecule has 1 atom stereocenters. The Morgan fingerprint density at radius 2 is 2.40 bits per heavy atom. The van der Waals surface area contributed by atoms with Crippen molar-refractivity contribution in [2.45, 2.75) is 19.3 Å². The summed E-state index contributed by atoms with van der Waals surface area (Å²) in [5.74, 6) is -0.596. The van der Waals surface area contributed by atoms with Crippen molar-refractivity contribution in [2.75, 3.05) is 18.0 Å². The SMILES string of the molecule is O=C(O)C[C@H]1CCCN(c2nc3ccc(Cl)cc3o2)C1. The fourth-order valence-corrected chi connectivity index (χ4v) is 2.84. The van der Waals surface area contributed by atoms with E-state index in [0.29, 0.717) is 23.2 Å². The Morgan fingerprint density at radius 3 is 3.20 bits per heavy atom. The molecule has 0 unspecified atom stereocenters. The van der Waals surface area contributed by atoms with E-state index in [4.69, 9.17) is 21.1 Å². The monoisotopic (exact) mass is 294 g/mol. The predicted molar refractivity (Wildman–Crippen MR) is 76.2 cm³/mol. The van der Waals surface area contributed by atoms with Crippen LogP contribution in [0.5, 0.6) is 0 Å². The topological polar surface area (TPSA) is 66.6 Å². The molecule has 0 radical (unpaired) electrons. The van der Waals surface area contributed by atoms with Crippen LogP contribution in [0.3, 0.4) is 0 Å². The van der Waals surface area contributed by atoms with Gasteiger partial charge in [-0.1, -0.05) is 11.6 Å². The highest BCUT2D eigenvalue weighted by Crippen LogP contribution is 2.28. The third kappa shape index (κ3) is 2.72. The second-order valence-electron chi connectivity index (χ2n) is 5.16. The van der Waals surface area contributed by atoms with Crippen LogP contribution in [0.2, 0.25) is 5.02 Å². The summed E-state index contributed by atoms with van der Waals surface area (Å²) in [6, 6.07) is 5.90. The minimum atomic E-state index is -0.749. The van der Waals surface area contributed by atoms with Crippen LogP contribution in [0.1, 0.15) is 19.3 Å². The first-order valence-electron chi connectivity index (χ1n) is 6.64. The first-order chi connectivity index (χ1) is 9.61. The lowest BCUT2D eigenvalue weighted by Gasteiger charge is -2.30. The highest BCUT2D eigenvalue weighted by atomic mass is 35.5. The number of halogens is 1. The number of benzene rings is 1. The molecule has 1 saturated heterocycles. The molecule has 1 aliphatic heterocycles. The smallest absolute Gasteiger partial charge is 0.303 e. The third-order valence-electron chi connectivity index (χ3n) is 3.59. The first-order valence-corrected chi connectivity index (χ1v) is 7.02. The van der Waals surface area contributed by atoms with Crippen LogP contribution >= 0.6 is 11.6 Å². The van der Waals surface area contributed by atoms with Crippen molar-refractivity contribution in [3.63, 3.8) is 0 Å². The van der Waals surface area contributed by atoms with Crippen molar-refractivity contribution in [1.82, 2.24) is 4.98 Å². The maximum absolute atomic E-state index is 10.8. The van der Waals surface area contributed by atoms with Crippen LogP contribution in [0, 0.1) is 5.92 Å². The molecule has 1 fully saturated rings. The van der Waals surface area contributed by atoms with Gasteiger partial charge in [-0.15, -0.1) is 0 Å². The molecule has 0 amide bonds. The maximum atomic E-state index is 10.8. The number of aromatic nitrogens is 1. The van der Waals surface area contributed by atoms with Gasteiger partial charge in [0.25, 0.3) is 6.01 Å². The lowest BCUT2D eigenvalue weighted by Crippen LogP contribution is -2.36. The van der Waals surface area contributed by atoms with E-state index in [1.54, 1.807) is 12.1 Å². The van der Waals surface area contributed by atoms with E-state index in [2.05, 4.69) is 4.98 Å². The number of fused-ring (bicyclic) bond motifs is 1. The maximum Gasteiger partial charge on any atom is 0.303 e. The van der Waals surface area contributed by atoms with Gasteiger partial charge in [0.1, 0.15) is 5.52 Å². The Kier molecular flexibility index (Phi) is 3.53. The number of hydrogen-bond acceptors (Lipinski definition) is 4. The number of anilines is 1. The summed E-state index contributed by atoms with van der Waals surface area (Å²) in [5, 5.41) is 9.51. The number of aliphatic carboxylic acids is 1. The minimum absolute atomic E-state index is 0.153. The normalized spacial score (nSPS) is 19.4. The molecule has 5 nitrogen and oxygen atoms in total. The zero-order valence-corrected chi connectivity index (χ0v) is 11.6. The number of oxazole rings is 1. The first kappa shape index (κ1) is 13.2. The Hall–Kier alpha value is -1.75. The third-order valence-corrected chi connectivity index (χ3v) is 3.83. The van der Waals surface area contributed by atoms with Gasteiger partial charge >= 0.3 is 5.97 Å². The summed E-state index contributed by atoms with van der Waals surface area (Å²) in [5.41, 5.74) is 1.43. The molecule has 3 rings (SSSR count). The molecule has 0 aliphatic carbocycles. The molecular formula is C14H15ClN2O3. The molecule has 1 aromatic carbocycles. The Bertz CT molecular complexity index is 640. The Morgan fingerprint density at radius 1 is 1.55 bits per heavy atom. The van der Waals surface area contributed by atoms with Crippen molar-refractivity contribution < 1.29 is 14.3 Å². The van der Waals surface area contributed by atoms with Crippen molar-refractivity contribution in [1.29, 1.82) is 0 Å². The number of hydrogen-bond donors (Lipinski definition) is 1. The molecular weight excluding hydrogens is 280 g/mol. The van der Waals surface area contributed by atoms with Gasteiger partial charge in [0.15, 0.2) is 5.58 Å². The quantitative estimate of drug-likeness (QED) is 0.942. The van der Waals surface area contributed by atoms with Crippen LogP contribution in [0.4, 0.5) is 6.01 Å². The summed E-state index contributed by atoms with van der Waals surface area (Å²) in [4.78, 5) is 17.3. The molecule has 20 heavy (non-hydrogen) atoms.